The molecule has 0 aromatic heterocycles. The van der Waals surface area contributed by atoms with Crippen molar-refractivity contribution in [3.05, 3.63) is 151 Å². The van der Waals surface area contributed by atoms with Crippen molar-refractivity contribution in [3.8, 4) is 39.1 Å². The Morgan fingerprint density at radius 2 is 1.02 bits per heavy atom. The van der Waals surface area contributed by atoms with Crippen LogP contribution >= 0.6 is 0 Å². The maximum atomic E-state index is 6.80. The van der Waals surface area contributed by atoms with Gasteiger partial charge in [-0.05, 0) is 132 Å². The number of benzene rings is 9. The molecule has 1 nitrogen and oxygen atoms in total. The third-order valence-corrected chi connectivity index (χ3v) is 12.9. The van der Waals surface area contributed by atoms with Crippen LogP contribution in [0.4, 0.5) is 0 Å². The van der Waals surface area contributed by atoms with E-state index < -0.39 is 0 Å². The molecule has 2 atom stereocenters. The van der Waals surface area contributed by atoms with Gasteiger partial charge in [-0.3, -0.25) is 0 Å². The van der Waals surface area contributed by atoms with Crippen LogP contribution in [-0.2, 0) is 5.41 Å². The second-order valence-electron chi connectivity index (χ2n) is 15.5. The van der Waals surface area contributed by atoms with E-state index in [2.05, 4.69) is 159 Å². The average molecular weight is 655 g/mol. The van der Waals surface area contributed by atoms with Gasteiger partial charge in [0.05, 0.1) is 0 Å². The maximum Gasteiger partial charge on any atom is 0.124 e. The van der Waals surface area contributed by atoms with E-state index in [-0.39, 0.29) is 11.0 Å². The van der Waals surface area contributed by atoms with E-state index in [1.165, 1.54) is 106 Å². The van der Waals surface area contributed by atoms with Crippen molar-refractivity contribution < 1.29 is 4.74 Å². The Labute approximate surface area is 298 Å². The summed E-state index contributed by atoms with van der Waals surface area (Å²) in [6.07, 6.45) is 4.76. The van der Waals surface area contributed by atoms with Gasteiger partial charge >= 0.3 is 0 Å². The number of fused-ring (bicyclic) bond motifs is 5. The summed E-state index contributed by atoms with van der Waals surface area (Å²) in [7, 11) is 0. The van der Waals surface area contributed by atoms with Gasteiger partial charge in [0.1, 0.15) is 11.4 Å². The summed E-state index contributed by atoms with van der Waals surface area (Å²) in [6, 6.07) is 54.7. The third-order valence-electron chi connectivity index (χ3n) is 12.9. The Bertz CT molecular complexity index is 2870. The topological polar surface area (TPSA) is 9.23 Å². The molecule has 0 saturated heterocycles. The molecule has 2 aliphatic rings. The first-order chi connectivity index (χ1) is 25.0. The SMILES string of the molecule is CC12CCCCC1(C)c1cc(-c3cc(-c4cccc5ccccc45)c4ccc5ccc(-c6cccc7ccccc67)c6ccc3c4c56)ccc1O2. The highest BCUT2D eigenvalue weighted by Gasteiger charge is 2.55. The molecule has 11 rings (SSSR count). The molecular formula is C50H38O. The van der Waals surface area contributed by atoms with Crippen LogP contribution in [0.2, 0.25) is 0 Å². The van der Waals surface area contributed by atoms with Crippen LogP contribution in [0.25, 0.3) is 87.2 Å². The minimum atomic E-state index is -0.152. The molecule has 1 fully saturated rings. The van der Waals surface area contributed by atoms with E-state index in [4.69, 9.17) is 4.74 Å². The van der Waals surface area contributed by atoms with E-state index >= 15 is 0 Å². The Kier molecular flexibility index (Phi) is 5.96. The van der Waals surface area contributed by atoms with Gasteiger partial charge in [0.25, 0.3) is 0 Å². The van der Waals surface area contributed by atoms with E-state index in [9.17, 15) is 0 Å². The fourth-order valence-electron chi connectivity index (χ4n) is 10.0. The van der Waals surface area contributed by atoms with Crippen molar-refractivity contribution in [3.63, 3.8) is 0 Å². The first kappa shape index (κ1) is 29.1. The molecule has 1 aliphatic heterocycles. The molecule has 244 valence electrons. The maximum absolute atomic E-state index is 6.80. The summed E-state index contributed by atoms with van der Waals surface area (Å²) in [4.78, 5) is 0. The predicted molar refractivity (Wildman–Crippen MR) is 216 cm³/mol. The largest absolute Gasteiger partial charge is 0.486 e. The normalized spacial score (nSPS) is 20.0. The quantitative estimate of drug-likeness (QED) is 0.172. The van der Waals surface area contributed by atoms with Gasteiger partial charge in [-0.1, -0.05) is 141 Å². The fourth-order valence-corrected chi connectivity index (χ4v) is 10.0. The van der Waals surface area contributed by atoms with Crippen molar-refractivity contribution in [1.29, 1.82) is 0 Å². The van der Waals surface area contributed by atoms with Gasteiger partial charge < -0.3 is 4.74 Å². The van der Waals surface area contributed by atoms with Gasteiger partial charge in [-0.25, -0.2) is 0 Å². The van der Waals surface area contributed by atoms with Crippen LogP contribution in [0.15, 0.2) is 146 Å². The summed E-state index contributed by atoms with van der Waals surface area (Å²) in [6.45, 7) is 4.79. The summed E-state index contributed by atoms with van der Waals surface area (Å²) in [5, 5.41) is 13.0. The molecule has 2 unspecified atom stereocenters. The van der Waals surface area contributed by atoms with E-state index in [1.54, 1.807) is 0 Å². The number of hydrogen-bond donors (Lipinski definition) is 0. The van der Waals surface area contributed by atoms with Gasteiger partial charge in [-0.2, -0.15) is 0 Å². The van der Waals surface area contributed by atoms with Crippen LogP contribution in [-0.4, -0.2) is 5.60 Å². The second kappa shape index (κ2) is 10.4. The molecule has 9 aromatic carbocycles. The average Bonchev–Trinajstić information content (AvgIpc) is 3.42. The van der Waals surface area contributed by atoms with Gasteiger partial charge in [-0.15, -0.1) is 0 Å². The molecule has 1 heteroatoms. The molecule has 0 radical (unpaired) electrons. The molecular weight excluding hydrogens is 617 g/mol. The highest BCUT2D eigenvalue weighted by molar-refractivity contribution is 6.31. The monoisotopic (exact) mass is 654 g/mol. The molecule has 1 saturated carbocycles. The Hall–Kier alpha value is -5.66. The lowest BCUT2D eigenvalue weighted by molar-refractivity contribution is 0.00740. The Balaban J connectivity index is 1.25. The van der Waals surface area contributed by atoms with Crippen molar-refractivity contribution in [2.24, 2.45) is 0 Å². The predicted octanol–water partition coefficient (Wildman–Crippen LogP) is 13.9. The van der Waals surface area contributed by atoms with Crippen LogP contribution in [0.5, 0.6) is 5.75 Å². The number of rotatable bonds is 3. The zero-order valence-corrected chi connectivity index (χ0v) is 29.1. The molecule has 1 heterocycles. The second-order valence-corrected chi connectivity index (χ2v) is 15.5. The molecule has 51 heavy (non-hydrogen) atoms. The fraction of sp³-hybridized carbons (Fsp3) is 0.160. The Morgan fingerprint density at radius 1 is 0.431 bits per heavy atom. The highest BCUT2D eigenvalue weighted by atomic mass is 16.5. The minimum absolute atomic E-state index is 0.00615. The van der Waals surface area contributed by atoms with Gasteiger partial charge in [0.2, 0.25) is 0 Å². The summed E-state index contributed by atoms with van der Waals surface area (Å²) in [5.41, 5.74) is 8.90. The van der Waals surface area contributed by atoms with Gasteiger partial charge in [0.15, 0.2) is 0 Å². The highest BCUT2D eigenvalue weighted by Crippen LogP contribution is 2.57. The Morgan fingerprint density at radius 3 is 1.78 bits per heavy atom. The van der Waals surface area contributed by atoms with Crippen LogP contribution < -0.4 is 4.74 Å². The van der Waals surface area contributed by atoms with Crippen LogP contribution in [0.1, 0.15) is 45.1 Å². The molecule has 9 aromatic rings. The molecule has 0 N–H and O–H groups in total. The van der Waals surface area contributed by atoms with Gasteiger partial charge in [0, 0.05) is 11.0 Å². The first-order valence-corrected chi connectivity index (χ1v) is 18.6. The first-order valence-electron chi connectivity index (χ1n) is 18.6. The summed E-state index contributed by atoms with van der Waals surface area (Å²) < 4.78 is 6.80. The van der Waals surface area contributed by atoms with E-state index in [1.807, 2.05) is 0 Å². The van der Waals surface area contributed by atoms with Crippen LogP contribution in [0.3, 0.4) is 0 Å². The lowest BCUT2D eigenvalue weighted by Crippen LogP contribution is -2.49. The van der Waals surface area contributed by atoms with Crippen molar-refractivity contribution in [2.75, 3.05) is 0 Å². The zero-order valence-electron chi connectivity index (χ0n) is 29.1. The van der Waals surface area contributed by atoms with E-state index in [0.29, 0.717) is 0 Å². The van der Waals surface area contributed by atoms with Crippen LogP contribution in [0, 0.1) is 0 Å². The lowest BCUT2D eigenvalue weighted by atomic mass is 9.63. The minimum Gasteiger partial charge on any atom is -0.486 e. The molecule has 0 bridgehead atoms. The van der Waals surface area contributed by atoms with Crippen molar-refractivity contribution in [1.82, 2.24) is 0 Å². The number of hydrogen-bond acceptors (Lipinski definition) is 1. The molecule has 0 amide bonds. The lowest BCUT2D eigenvalue weighted by Gasteiger charge is -2.43. The summed E-state index contributed by atoms with van der Waals surface area (Å²) in [5.74, 6) is 1.07. The number of ether oxygens (including phenoxy) is 1. The molecule has 1 aliphatic carbocycles. The standard InChI is InChI=1S/C50H38O/c1-49-27-7-8-28-50(49,2)51-46-26-21-34(29-45(46)49)43-30-44(38-18-10-14-32-12-4-6-16-36(32)38)42-23-20-33-19-22-39(40-24-25-41(43)48(42)47(33)40)37-17-9-13-31-11-3-5-15-35(31)37/h3-6,9-26,29-30H,7-8,27-28H2,1-2H3. The van der Waals surface area contributed by atoms with Crippen molar-refractivity contribution in [2.45, 2.75) is 50.5 Å². The zero-order chi connectivity index (χ0) is 33.9. The summed E-state index contributed by atoms with van der Waals surface area (Å²) >= 11 is 0. The molecule has 0 spiro atoms. The van der Waals surface area contributed by atoms with E-state index in [0.717, 1.165) is 18.6 Å². The van der Waals surface area contributed by atoms with Crippen molar-refractivity contribution >= 4 is 53.9 Å². The smallest absolute Gasteiger partial charge is 0.124 e. The third kappa shape index (κ3) is 3.98.